The smallest absolute Gasteiger partial charge is 0.120 e. The fourth-order valence-corrected chi connectivity index (χ4v) is 2.49. The number of hydrogen-bond donors (Lipinski definition) is 1. The molecule has 0 saturated carbocycles. The first-order chi connectivity index (χ1) is 9.08. The fraction of sp³-hybridized carbons (Fsp3) is 0.733. The summed E-state index contributed by atoms with van der Waals surface area (Å²) in [5.41, 5.74) is 1.24. The Hall–Kier alpha value is -0.840. The number of aryl methyl sites for hydroxylation is 1. The SMILES string of the molecule is COC1CCN(Cc2cc(C)c(CNC(C)C)o2)C1. The van der Waals surface area contributed by atoms with E-state index in [1.807, 2.05) is 0 Å². The van der Waals surface area contributed by atoms with Crippen LogP contribution < -0.4 is 5.32 Å². The highest BCUT2D eigenvalue weighted by Gasteiger charge is 2.23. The predicted molar refractivity (Wildman–Crippen MR) is 76.1 cm³/mol. The van der Waals surface area contributed by atoms with E-state index in [1.54, 1.807) is 7.11 Å². The Morgan fingerprint density at radius 1 is 1.53 bits per heavy atom. The van der Waals surface area contributed by atoms with E-state index in [4.69, 9.17) is 9.15 Å². The topological polar surface area (TPSA) is 37.6 Å². The summed E-state index contributed by atoms with van der Waals surface area (Å²) in [7, 11) is 1.79. The third kappa shape index (κ3) is 4.06. The minimum Gasteiger partial charge on any atom is -0.463 e. The zero-order chi connectivity index (χ0) is 13.8. The van der Waals surface area contributed by atoms with E-state index in [2.05, 4.69) is 37.1 Å². The summed E-state index contributed by atoms with van der Waals surface area (Å²) in [5, 5.41) is 3.40. The summed E-state index contributed by atoms with van der Waals surface area (Å²) >= 11 is 0. The van der Waals surface area contributed by atoms with Gasteiger partial charge in [-0.2, -0.15) is 0 Å². The van der Waals surface area contributed by atoms with Crippen LogP contribution in [0.1, 0.15) is 37.4 Å². The van der Waals surface area contributed by atoms with Crippen molar-refractivity contribution in [3.8, 4) is 0 Å². The van der Waals surface area contributed by atoms with Gasteiger partial charge in [0.05, 0.1) is 19.2 Å². The van der Waals surface area contributed by atoms with Gasteiger partial charge in [0.25, 0.3) is 0 Å². The normalized spacial score (nSPS) is 20.6. The van der Waals surface area contributed by atoms with E-state index in [-0.39, 0.29) is 0 Å². The van der Waals surface area contributed by atoms with Gasteiger partial charge in [0.15, 0.2) is 0 Å². The maximum Gasteiger partial charge on any atom is 0.120 e. The number of ether oxygens (including phenoxy) is 1. The molecule has 1 fully saturated rings. The van der Waals surface area contributed by atoms with Gasteiger partial charge in [-0.05, 0) is 25.0 Å². The van der Waals surface area contributed by atoms with Crippen LogP contribution in [0.2, 0.25) is 0 Å². The first kappa shape index (κ1) is 14.6. The van der Waals surface area contributed by atoms with Crippen LogP contribution in [0.4, 0.5) is 0 Å². The van der Waals surface area contributed by atoms with Gasteiger partial charge < -0.3 is 14.5 Å². The molecule has 4 heteroatoms. The third-order valence-corrected chi connectivity index (χ3v) is 3.68. The first-order valence-electron chi connectivity index (χ1n) is 7.15. The standard InChI is InChI=1S/C15H26N2O2/c1-11(2)16-8-15-12(3)7-14(19-15)10-17-6-5-13(9-17)18-4/h7,11,13,16H,5-6,8-10H2,1-4H3. The van der Waals surface area contributed by atoms with Crippen molar-refractivity contribution in [1.82, 2.24) is 10.2 Å². The molecule has 1 aromatic heterocycles. The Morgan fingerprint density at radius 2 is 2.32 bits per heavy atom. The lowest BCUT2D eigenvalue weighted by Gasteiger charge is -2.13. The minimum atomic E-state index is 0.387. The number of methoxy groups -OCH3 is 1. The summed E-state index contributed by atoms with van der Waals surface area (Å²) < 4.78 is 11.3. The maximum atomic E-state index is 5.95. The van der Waals surface area contributed by atoms with Crippen LogP contribution in [-0.4, -0.2) is 37.2 Å². The molecular formula is C15H26N2O2. The molecule has 0 radical (unpaired) electrons. The summed E-state index contributed by atoms with van der Waals surface area (Å²) in [6.07, 6.45) is 1.51. The van der Waals surface area contributed by atoms with Crippen LogP contribution in [-0.2, 0) is 17.8 Å². The lowest BCUT2D eigenvalue weighted by atomic mass is 10.2. The van der Waals surface area contributed by atoms with Crippen LogP contribution in [0.15, 0.2) is 10.5 Å². The van der Waals surface area contributed by atoms with Crippen molar-refractivity contribution in [3.63, 3.8) is 0 Å². The third-order valence-electron chi connectivity index (χ3n) is 3.68. The van der Waals surface area contributed by atoms with Crippen molar-refractivity contribution in [2.75, 3.05) is 20.2 Å². The molecule has 2 rings (SSSR count). The second-order valence-corrected chi connectivity index (χ2v) is 5.74. The van der Waals surface area contributed by atoms with Gasteiger partial charge in [-0.1, -0.05) is 13.8 Å². The van der Waals surface area contributed by atoms with E-state index in [0.29, 0.717) is 12.1 Å². The molecule has 0 spiro atoms. The van der Waals surface area contributed by atoms with E-state index in [0.717, 1.165) is 44.1 Å². The molecule has 1 N–H and O–H groups in total. The zero-order valence-corrected chi connectivity index (χ0v) is 12.5. The van der Waals surface area contributed by atoms with Gasteiger partial charge in [-0.15, -0.1) is 0 Å². The maximum absolute atomic E-state index is 5.95. The van der Waals surface area contributed by atoms with Crippen molar-refractivity contribution >= 4 is 0 Å². The van der Waals surface area contributed by atoms with E-state index >= 15 is 0 Å². The van der Waals surface area contributed by atoms with E-state index in [9.17, 15) is 0 Å². The average molecular weight is 266 g/mol. The summed E-state index contributed by atoms with van der Waals surface area (Å²) in [6.45, 7) is 10.2. The van der Waals surface area contributed by atoms with Gasteiger partial charge in [-0.25, -0.2) is 0 Å². The monoisotopic (exact) mass is 266 g/mol. The lowest BCUT2D eigenvalue weighted by molar-refractivity contribution is 0.106. The van der Waals surface area contributed by atoms with Crippen molar-refractivity contribution in [2.24, 2.45) is 0 Å². The van der Waals surface area contributed by atoms with Crippen molar-refractivity contribution in [2.45, 2.75) is 52.4 Å². The number of rotatable bonds is 6. The zero-order valence-electron chi connectivity index (χ0n) is 12.5. The number of nitrogens with zero attached hydrogens (tertiary/aromatic N) is 1. The van der Waals surface area contributed by atoms with Crippen LogP contribution in [0.3, 0.4) is 0 Å². The van der Waals surface area contributed by atoms with Crippen LogP contribution in [0.25, 0.3) is 0 Å². The van der Waals surface area contributed by atoms with Crippen molar-refractivity contribution < 1.29 is 9.15 Å². The molecule has 1 aromatic rings. The molecule has 0 bridgehead atoms. The van der Waals surface area contributed by atoms with Crippen LogP contribution in [0, 0.1) is 6.92 Å². The fourth-order valence-electron chi connectivity index (χ4n) is 2.49. The van der Waals surface area contributed by atoms with Gasteiger partial charge in [0.1, 0.15) is 11.5 Å². The molecule has 1 aliphatic rings. The Morgan fingerprint density at radius 3 is 2.95 bits per heavy atom. The Bertz CT molecular complexity index is 401. The highest BCUT2D eigenvalue weighted by molar-refractivity contribution is 5.20. The molecule has 108 valence electrons. The molecule has 0 amide bonds. The minimum absolute atomic E-state index is 0.387. The van der Waals surface area contributed by atoms with Crippen molar-refractivity contribution in [1.29, 1.82) is 0 Å². The second kappa shape index (κ2) is 6.55. The largest absolute Gasteiger partial charge is 0.463 e. The molecule has 0 aromatic carbocycles. The molecule has 2 heterocycles. The van der Waals surface area contributed by atoms with Gasteiger partial charge >= 0.3 is 0 Å². The molecule has 19 heavy (non-hydrogen) atoms. The Labute approximate surface area is 116 Å². The molecule has 1 atom stereocenters. The van der Waals surface area contributed by atoms with E-state index in [1.165, 1.54) is 5.56 Å². The lowest BCUT2D eigenvalue weighted by Crippen LogP contribution is -2.22. The van der Waals surface area contributed by atoms with Crippen molar-refractivity contribution in [3.05, 3.63) is 23.2 Å². The highest BCUT2D eigenvalue weighted by Crippen LogP contribution is 2.19. The number of nitrogens with one attached hydrogen (secondary N) is 1. The summed E-state index contributed by atoms with van der Waals surface area (Å²) in [4.78, 5) is 2.39. The van der Waals surface area contributed by atoms with Crippen LogP contribution in [0.5, 0.6) is 0 Å². The number of hydrogen-bond acceptors (Lipinski definition) is 4. The molecule has 1 saturated heterocycles. The summed E-state index contributed by atoms with van der Waals surface area (Å²) in [5.74, 6) is 2.13. The quantitative estimate of drug-likeness (QED) is 0.857. The van der Waals surface area contributed by atoms with Crippen LogP contribution >= 0.6 is 0 Å². The Kier molecular flexibility index (Phi) is 5.02. The summed E-state index contributed by atoms with van der Waals surface area (Å²) in [6, 6.07) is 2.64. The first-order valence-corrected chi connectivity index (χ1v) is 7.15. The molecule has 1 aliphatic heterocycles. The number of furan rings is 1. The second-order valence-electron chi connectivity index (χ2n) is 5.74. The van der Waals surface area contributed by atoms with Gasteiger partial charge in [-0.3, -0.25) is 4.90 Å². The Balaban J connectivity index is 1.89. The highest BCUT2D eigenvalue weighted by atomic mass is 16.5. The van der Waals surface area contributed by atoms with E-state index < -0.39 is 0 Å². The molecular weight excluding hydrogens is 240 g/mol. The predicted octanol–water partition coefficient (Wildman–Crippen LogP) is 2.31. The van der Waals surface area contributed by atoms with Gasteiger partial charge in [0.2, 0.25) is 0 Å². The number of likely N-dealkylation sites (tertiary alicyclic amines) is 1. The molecule has 4 nitrogen and oxygen atoms in total. The molecule has 0 aliphatic carbocycles. The molecule has 1 unspecified atom stereocenters. The average Bonchev–Trinajstić information content (AvgIpc) is 2.94. The van der Waals surface area contributed by atoms with Gasteiger partial charge in [0, 0.05) is 26.2 Å².